The molecule has 0 N–H and O–H groups in total. The summed E-state index contributed by atoms with van der Waals surface area (Å²) in [5.74, 6) is 3.37. The van der Waals surface area contributed by atoms with Crippen molar-refractivity contribution in [3.05, 3.63) is 11.6 Å². The van der Waals surface area contributed by atoms with Crippen molar-refractivity contribution in [1.82, 2.24) is 14.8 Å². The highest BCUT2D eigenvalue weighted by Gasteiger charge is 2.24. The van der Waals surface area contributed by atoms with Crippen molar-refractivity contribution in [1.29, 1.82) is 0 Å². The van der Waals surface area contributed by atoms with Gasteiger partial charge < -0.3 is 4.74 Å². The largest absolute Gasteiger partial charge is 0.381 e. The normalized spacial score (nSPS) is 30.1. The SMILES string of the molecule is CC1CCc2nc(C3CCCOC3)nn2C1. The lowest BCUT2D eigenvalue weighted by atomic mass is 10.0. The van der Waals surface area contributed by atoms with Gasteiger partial charge in [0.05, 0.1) is 6.61 Å². The van der Waals surface area contributed by atoms with E-state index >= 15 is 0 Å². The maximum Gasteiger partial charge on any atom is 0.156 e. The zero-order chi connectivity index (χ0) is 11.0. The van der Waals surface area contributed by atoms with E-state index in [-0.39, 0.29) is 0 Å². The van der Waals surface area contributed by atoms with Gasteiger partial charge in [-0.15, -0.1) is 0 Å². The van der Waals surface area contributed by atoms with E-state index in [1.165, 1.54) is 18.7 Å². The van der Waals surface area contributed by atoms with Gasteiger partial charge in [-0.3, -0.25) is 0 Å². The van der Waals surface area contributed by atoms with Gasteiger partial charge in [0.15, 0.2) is 5.82 Å². The Morgan fingerprint density at radius 3 is 3.12 bits per heavy atom. The number of fused-ring (bicyclic) bond motifs is 1. The summed E-state index contributed by atoms with van der Waals surface area (Å²) in [5.41, 5.74) is 0. The molecule has 0 radical (unpaired) electrons. The van der Waals surface area contributed by atoms with Gasteiger partial charge >= 0.3 is 0 Å². The molecule has 3 rings (SSSR count). The van der Waals surface area contributed by atoms with Crippen LogP contribution >= 0.6 is 0 Å². The fourth-order valence-electron chi connectivity index (χ4n) is 2.60. The predicted octanol–water partition coefficient (Wildman–Crippen LogP) is 1.75. The molecule has 4 nitrogen and oxygen atoms in total. The van der Waals surface area contributed by atoms with Gasteiger partial charge in [0, 0.05) is 25.5 Å². The highest BCUT2D eigenvalue weighted by atomic mass is 16.5. The molecule has 0 aliphatic carbocycles. The van der Waals surface area contributed by atoms with Crippen LogP contribution in [-0.2, 0) is 17.7 Å². The molecule has 88 valence electrons. The summed E-state index contributed by atoms with van der Waals surface area (Å²) in [7, 11) is 0. The van der Waals surface area contributed by atoms with E-state index in [1.54, 1.807) is 0 Å². The second-order valence-electron chi connectivity index (χ2n) is 5.13. The monoisotopic (exact) mass is 221 g/mol. The van der Waals surface area contributed by atoms with Crippen LogP contribution in [-0.4, -0.2) is 28.0 Å². The molecule has 1 aromatic heterocycles. The Labute approximate surface area is 96.0 Å². The molecule has 4 heteroatoms. The first kappa shape index (κ1) is 10.3. The van der Waals surface area contributed by atoms with E-state index in [9.17, 15) is 0 Å². The summed E-state index contributed by atoms with van der Waals surface area (Å²) in [4.78, 5) is 4.68. The van der Waals surface area contributed by atoms with Gasteiger partial charge in [-0.05, 0) is 25.2 Å². The van der Waals surface area contributed by atoms with E-state index < -0.39 is 0 Å². The summed E-state index contributed by atoms with van der Waals surface area (Å²) in [6.07, 6.45) is 4.66. The van der Waals surface area contributed by atoms with Crippen molar-refractivity contribution >= 4 is 0 Å². The van der Waals surface area contributed by atoms with Gasteiger partial charge in [0.25, 0.3) is 0 Å². The lowest BCUT2D eigenvalue weighted by Crippen LogP contribution is -2.19. The molecule has 0 saturated carbocycles. The van der Waals surface area contributed by atoms with Crippen molar-refractivity contribution in [2.24, 2.45) is 5.92 Å². The van der Waals surface area contributed by atoms with Crippen molar-refractivity contribution < 1.29 is 4.74 Å². The fraction of sp³-hybridized carbons (Fsp3) is 0.833. The summed E-state index contributed by atoms with van der Waals surface area (Å²) < 4.78 is 7.61. The first-order valence-electron chi connectivity index (χ1n) is 6.34. The van der Waals surface area contributed by atoms with Gasteiger partial charge in [-0.2, -0.15) is 5.10 Å². The number of nitrogens with zero attached hydrogens (tertiary/aromatic N) is 3. The first-order chi connectivity index (χ1) is 7.83. The van der Waals surface area contributed by atoms with Crippen LogP contribution in [0.3, 0.4) is 0 Å². The molecule has 1 fully saturated rings. The molecule has 0 bridgehead atoms. The van der Waals surface area contributed by atoms with Crippen molar-refractivity contribution in [3.63, 3.8) is 0 Å². The summed E-state index contributed by atoms with van der Waals surface area (Å²) in [6.45, 7) is 5.03. The van der Waals surface area contributed by atoms with Crippen molar-refractivity contribution in [2.75, 3.05) is 13.2 Å². The minimum Gasteiger partial charge on any atom is -0.381 e. The number of hydrogen-bond donors (Lipinski definition) is 0. The molecule has 3 heterocycles. The molecule has 16 heavy (non-hydrogen) atoms. The Hall–Kier alpha value is -0.900. The molecular weight excluding hydrogens is 202 g/mol. The van der Waals surface area contributed by atoms with E-state index in [2.05, 4.69) is 21.7 Å². The second kappa shape index (κ2) is 4.17. The van der Waals surface area contributed by atoms with Crippen LogP contribution in [0.15, 0.2) is 0 Å². The molecule has 0 aromatic carbocycles. The van der Waals surface area contributed by atoms with Gasteiger partial charge in [0.1, 0.15) is 5.82 Å². The highest BCUT2D eigenvalue weighted by Crippen LogP contribution is 2.25. The summed E-state index contributed by atoms with van der Waals surface area (Å²) in [5, 5.41) is 4.65. The standard InChI is InChI=1S/C12H19N3O/c1-9-4-5-11-13-12(14-15(11)7-9)10-3-2-6-16-8-10/h9-10H,2-8H2,1H3. The third-order valence-corrected chi connectivity index (χ3v) is 3.64. The zero-order valence-corrected chi connectivity index (χ0v) is 9.85. The minimum atomic E-state index is 0.433. The van der Waals surface area contributed by atoms with Crippen LogP contribution in [0, 0.1) is 5.92 Å². The molecule has 1 saturated heterocycles. The van der Waals surface area contributed by atoms with Crippen LogP contribution in [0.5, 0.6) is 0 Å². The van der Waals surface area contributed by atoms with Crippen molar-refractivity contribution in [2.45, 2.75) is 45.1 Å². The van der Waals surface area contributed by atoms with Crippen molar-refractivity contribution in [3.8, 4) is 0 Å². The van der Waals surface area contributed by atoms with Crippen LogP contribution in [0.25, 0.3) is 0 Å². The average Bonchev–Trinajstić information content (AvgIpc) is 2.73. The molecule has 2 atom stereocenters. The maximum absolute atomic E-state index is 5.50. The molecule has 0 amide bonds. The molecule has 2 aliphatic heterocycles. The Balaban J connectivity index is 1.80. The van der Waals surface area contributed by atoms with Crippen LogP contribution in [0.4, 0.5) is 0 Å². The number of rotatable bonds is 1. The predicted molar refractivity (Wildman–Crippen MR) is 60.3 cm³/mol. The van der Waals surface area contributed by atoms with Gasteiger partial charge in [-0.25, -0.2) is 9.67 Å². The number of aryl methyl sites for hydroxylation is 1. The van der Waals surface area contributed by atoms with E-state index in [0.29, 0.717) is 5.92 Å². The molecule has 1 aromatic rings. The number of aromatic nitrogens is 3. The zero-order valence-electron chi connectivity index (χ0n) is 9.85. The van der Waals surface area contributed by atoms with Crippen LogP contribution in [0.1, 0.15) is 43.8 Å². The van der Waals surface area contributed by atoms with E-state index in [4.69, 9.17) is 4.74 Å². The molecule has 0 spiro atoms. The third kappa shape index (κ3) is 1.86. The highest BCUT2D eigenvalue weighted by molar-refractivity contribution is 5.02. The molecular formula is C12H19N3O. The van der Waals surface area contributed by atoms with Gasteiger partial charge in [-0.1, -0.05) is 6.92 Å². The first-order valence-corrected chi connectivity index (χ1v) is 6.34. The lowest BCUT2D eigenvalue weighted by molar-refractivity contribution is 0.0780. The minimum absolute atomic E-state index is 0.433. The summed E-state index contributed by atoms with van der Waals surface area (Å²) in [6, 6.07) is 0. The number of ether oxygens (including phenoxy) is 1. The third-order valence-electron chi connectivity index (χ3n) is 3.64. The Morgan fingerprint density at radius 2 is 2.31 bits per heavy atom. The maximum atomic E-state index is 5.50. The quantitative estimate of drug-likeness (QED) is 0.725. The Bertz CT molecular complexity index is 368. The lowest BCUT2D eigenvalue weighted by Gasteiger charge is -2.19. The topological polar surface area (TPSA) is 39.9 Å². The van der Waals surface area contributed by atoms with Gasteiger partial charge in [0.2, 0.25) is 0 Å². The Kier molecular flexibility index (Phi) is 2.67. The molecule has 2 aliphatic rings. The average molecular weight is 221 g/mol. The van der Waals surface area contributed by atoms with Crippen LogP contribution in [0.2, 0.25) is 0 Å². The smallest absolute Gasteiger partial charge is 0.156 e. The van der Waals surface area contributed by atoms with E-state index in [0.717, 1.165) is 44.3 Å². The number of hydrogen-bond acceptors (Lipinski definition) is 3. The fourth-order valence-corrected chi connectivity index (χ4v) is 2.60. The Morgan fingerprint density at radius 1 is 1.38 bits per heavy atom. The summed E-state index contributed by atoms with van der Waals surface area (Å²) >= 11 is 0. The van der Waals surface area contributed by atoms with Crippen LogP contribution < -0.4 is 0 Å². The van der Waals surface area contributed by atoms with E-state index in [1.807, 2.05) is 0 Å². The second-order valence-corrected chi connectivity index (χ2v) is 5.13. The molecule has 2 unspecified atom stereocenters.